The maximum atomic E-state index is 5.88. The highest BCUT2D eigenvalue weighted by Gasteiger charge is 2.19. The third-order valence-electron chi connectivity index (χ3n) is 2.85. The molecule has 1 aliphatic rings. The molecule has 1 aromatic heterocycles. The van der Waals surface area contributed by atoms with E-state index >= 15 is 0 Å². The number of aromatic amines is 1. The van der Waals surface area contributed by atoms with Crippen molar-refractivity contribution in [3.8, 4) is 11.3 Å². The van der Waals surface area contributed by atoms with Crippen LogP contribution in [0.2, 0.25) is 0 Å². The predicted octanol–water partition coefficient (Wildman–Crippen LogP) is 1.31. The Morgan fingerprint density at radius 2 is 2.33 bits per heavy atom. The molecule has 15 heavy (non-hydrogen) atoms. The lowest BCUT2D eigenvalue weighted by Crippen LogP contribution is -2.27. The van der Waals surface area contributed by atoms with Crippen molar-refractivity contribution in [1.29, 1.82) is 0 Å². The number of hydrazine groups is 1. The van der Waals surface area contributed by atoms with Crippen molar-refractivity contribution >= 4 is 5.69 Å². The van der Waals surface area contributed by atoms with Crippen LogP contribution in [0.15, 0.2) is 30.7 Å². The van der Waals surface area contributed by atoms with Gasteiger partial charge in [0.2, 0.25) is 0 Å². The van der Waals surface area contributed by atoms with Gasteiger partial charge in [-0.05, 0) is 18.1 Å². The normalized spacial score (nSPS) is 14.3. The van der Waals surface area contributed by atoms with Gasteiger partial charge in [-0.2, -0.15) is 0 Å². The first kappa shape index (κ1) is 8.49. The molecular weight excluding hydrogens is 188 g/mol. The van der Waals surface area contributed by atoms with Crippen LogP contribution in [-0.4, -0.2) is 16.5 Å². The monoisotopic (exact) mass is 200 g/mol. The summed E-state index contributed by atoms with van der Waals surface area (Å²) in [4.78, 5) is 7.17. The molecule has 4 nitrogen and oxygen atoms in total. The summed E-state index contributed by atoms with van der Waals surface area (Å²) in [7, 11) is 0. The van der Waals surface area contributed by atoms with Crippen LogP contribution in [0.1, 0.15) is 5.56 Å². The minimum atomic E-state index is 0.889. The molecule has 0 aliphatic carbocycles. The van der Waals surface area contributed by atoms with Crippen molar-refractivity contribution in [2.24, 2.45) is 5.84 Å². The van der Waals surface area contributed by atoms with Crippen LogP contribution in [0.3, 0.4) is 0 Å². The summed E-state index contributed by atoms with van der Waals surface area (Å²) < 4.78 is 0. The fourth-order valence-electron chi connectivity index (χ4n) is 2.11. The number of nitrogens with one attached hydrogen (secondary N) is 1. The van der Waals surface area contributed by atoms with E-state index in [0.717, 1.165) is 24.3 Å². The SMILES string of the molecule is NN1CCc2c(-c3cnc[nH]3)cccc21. The Morgan fingerprint density at radius 3 is 3.13 bits per heavy atom. The molecular formula is C11H12N4. The van der Waals surface area contributed by atoms with E-state index < -0.39 is 0 Å². The molecule has 0 bridgehead atoms. The standard InChI is InChI=1S/C11H12N4/c12-15-5-4-9-8(2-1-3-11(9)15)10-6-13-7-14-10/h1-3,6-7H,4-5,12H2,(H,13,14). The second kappa shape index (κ2) is 3.10. The van der Waals surface area contributed by atoms with Crippen LogP contribution >= 0.6 is 0 Å². The van der Waals surface area contributed by atoms with E-state index in [1.165, 1.54) is 11.1 Å². The number of fused-ring (bicyclic) bond motifs is 1. The largest absolute Gasteiger partial charge is 0.345 e. The summed E-state index contributed by atoms with van der Waals surface area (Å²) in [5.74, 6) is 5.88. The van der Waals surface area contributed by atoms with Gasteiger partial charge < -0.3 is 9.99 Å². The van der Waals surface area contributed by atoms with E-state index in [4.69, 9.17) is 5.84 Å². The van der Waals surface area contributed by atoms with Gasteiger partial charge in [0, 0.05) is 12.1 Å². The molecule has 76 valence electrons. The highest BCUT2D eigenvalue weighted by atomic mass is 15.4. The van der Waals surface area contributed by atoms with Crippen molar-refractivity contribution in [3.63, 3.8) is 0 Å². The number of anilines is 1. The Kier molecular flexibility index (Phi) is 1.76. The molecule has 1 aromatic carbocycles. The number of aromatic nitrogens is 2. The van der Waals surface area contributed by atoms with Gasteiger partial charge in [0.1, 0.15) is 0 Å². The molecule has 4 heteroatoms. The Labute approximate surface area is 87.7 Å². The lowest BCUT2D eigenvalue weighted by Gasteiger charge is -2.11. The summed E-state index contributed by atoms with van der Waals surface area (Å²) >= 11 is 0. The topological polar surface area (TPSA) is 57.9 Å². The summed E-state index contributed by atoms with van der Waals surface area (Å²) in [5.41, 5.74) is 4.70. The quantitative estimate of drug-likeness (QED) is 0.682. The van der Waals surface area contributed by atoms with Gasteiger partial charge in [-0.25, -0.2) is 10.8 Å². The molecule has 0 saturated heterocycles. The van der Waals surface area contributed by atoms with E-state index in [-0.39, 0.29) is 0 Å². The average Bonchev–Trinajstić information content (AvgIpc) is 2.88. The summed E-state index contributed by atoms with van der Waals surface area (Å²) in [6, 6.07) is 6.19. The lowest BCUT2D eigenvalue weighted by atomic mass is 10.0. The fraction of sp³-hybridized carbons (Fsp3) is 0.182. The fourth-order valence-corrected chi connectivity index (χ4v) is 2.11. The molecule has 2 heterocycles. The van der Waals surface area contributed by atoms with E-state index in [9.17, 15) is 0 Å². The minimum absolute atomic E-state index is 0.889. The Hall–Kier alpha value is -1.81. The van der Waals surface area contributed by atoms with Crippen molar-refractivity contribution in [1.82, 2.24) is 9.97 Å². The molecule has 2 aromatic rings. The second-order valence-electron chi connectivity index (χ2n) is 3.71. The van der Waals surface area contributed by atoms with Crippen molar-refractivity contribution < 1.29 is 0 Å². The molecule has 3 rings (SSSR count). The van der Waals surface area contributed by atoms with Gasteiger partial charge in [0.25, 0.3) is 0 Å². The Balaban J connectivity index is 2.18. The third-order valence-corrected chi connectivity index (χ3v) is 2.85. The van der Waals surface area contributed by atoms with Crippen LogP contribution in [0.4, 0.5) is 5.69 Å². The second-order valence-corrected chi connectivity index (χ2v) is 3.71. The number of benzene rings is 1. The number of rotatable bonds is 1. The lowest BCUT2D eigenvalue weighted by molar-refractivity contribution is 0.892. The van der Waals surface area contributed by atoms with E-state index in [1.54, 1.807) is 11.3 Å². The molecule has 0 spiro atoms. The summed E-state index contributed by atoms with van der Waals surface area (Å²) in [5, 5.41) is 1.80. The predicted molar refractivity (Wildman–Crippen MR) is 59.3 cm³/mol. The average molecular weight is 200 g/mol. The molecule has 0 fully saturated rings. The highest BCUT2D eigenvalue weighted by Crippen LogP contribution is 2.33. The van der Waals surface area contributed by atoms with Crippen LogP contribution in [0.25, 0.3) is 11.3 Å². The molecule has 0 atom stereocenters. The molecule has 0 saturated carbocycles. The van der Waals surface area contributed by atoms with Crippen molar-refractivity contribution in [2.75, 3.05) is 11.6 Å². The number of nitrogens with two attached hydrogens (primary N) is 1. The third kappa shape index (κ3) is 1.22. The maximum Gasteiger partial charge on any atom is 0.0924 e. The van der Waals surface area contributed by atoms with Gasteiger partial charge >= 0.3 is 0 Å². The first-order chi connectivity index (χ1) is 7.36. The van der Waals surface area contributed by atoms with Gasteiger partial charge in [0.05, 0.1) is 23.9 Å². The first-order valence-corrected chi connectivity index (χ1v) is 4.99. The van der Waals surface area contributed by atoms with Gasteiger partial charge in [-0.15, -0.1) is 0 Å². The molecule has 0 unspecified atom stereocenters. The number of hydrogen-bond acceptors (Lipinski definition) is 3. The maximum absolute atomic E-state index is 5.88. The zero-order chi connectivity index (χ0) is 10.3. The zero-order valence-electron chi connectivity index (χ0n) is 8.27. The number of H-pyrrole nitrogens is 1. The molecule has 0 amide bonds. The summed E-state index contributed by atoms with van der Waals surface area (Å²) in [6.45, 7) is 0.889. The first-order valence-electron chi connectivity index (χ1n) is 4.99. The van der Waals surface area contributed by atoms with Gasteiger partial charge in [-0.1, -0.05) is 12.1 Å². The molecule has 0 radical (unpaired) electrons. The van der Waals surface area contributed by atoms with Crippen LogP contribution in [0.5, 0.6) is 0 Å². The molecule has 1 aliphatic heterocycles. The van der Waals surface area contributed by atoms with Gasteiger partial charge in [-0.3, -0.25) is 0 Å². The van der Waals surface area contributed by atoms with Crippen LogP contribution in [-0.2, 0) is 6.42 Å². The van der Waals surface area contributed by atoms with Gasteiger partial charge in [0.15, 0.2) is 0 Å². The minimum Gasteiger partial charge on any atom is -0.345 e. The Morgan fingerprint density at radius 1 is 1.40 bits per heavy atom. The van der Waals surface area contributed by atoms with Crippen LogP contribution < -0.4 is 10.9 Å². The Bertz CT molecular complexity index is 475. The van der Waals surface area contributed by atoms with E-state index in [1.807, 2.05) is 12.3 Å². The molecule has 3 N–H and O–H groups in total. The van der Waals surface area contributed by atoms with Crippen molar-refractivity contribution in [2.45, 2.75) is 6.42 Å². The van der Waals surface area contributed by atoms with Crippen molar-refractivity contribution in [3.05, 3.63) is 36.3 Å². The zero-order valence-corrected chi connectivity index (χ0v) is 8.27. The number of nitrogens with zero attached hydrogens (tertiary/aromatic N) is 2. The number of imidazole rings is 1. The highest BCUT2D eigenvalue weighted by molar-refractivity contribution is 5.73. The summed E-state index contributed by atoms with van der Waals surface area (Å²) in [6.07, 6.45) is 4.54. The van der Waals surface area contributed by atoms with E-state index in [0.29, 0.717) is 0 Å². The van der Waals surface area contributed by atoms with E-state index in [2.05, 4.69) is 22.1 Å². The number of hydrogen-bond donors (Lipinski definition) is 2. The smallest absolute Gasteiger partial charge is 0.0924 e. The van der Waals surface area contributed by atoms with Crippen LogP contribution in [0, 0.1) is 0 Å².